The Morgan fingerprint density at radius 3 is 1.32 bits per heavy atom. The lowest BCUT2D eigenvalue weighted by Crippen LogP contribution is -2.41. The third-order valence-electron chi connectivity index (χ3n) is 9.19. The fraction of sp³-hybridized carbons (Fsp3) is 1.00. The van der Waals surface area contributed by atoms with Crippen LogP contribution in [0.2, 0.25) is 0 Å². The number of fused-ring (bicyclic) bond motifs is 3. The minimum absolute atomic E-state index is 1.10. The standard InChI is InChI=1S/C28H52/c1-3-5-7-9-11-13-23-15-19-27-25(21-23)17-18-26-22-24(16-20-28(26)27)14-12-10-8-6-4-2/h23-28H,3-22H2,1-2H3/t23-,24-,25?,26?,27?,28?/m1/s1. The van der Waals surface area contributed by atoms with E-state index in [0.29, 0.717) is 0 Å². The van der Waals surface area contributed by atoms with E-state index in [1.165, 1.54) is 64.2 Å². The van der Waals surface area contributed by atoms with Gasteiger partial charge in [0.2, 0.25) is 0 Å². The second-order valence-electron chi connectivity index (χ2n) is 11.2. The van der Waals surface area contributed by atoms with Crippen LogP contribution in [0, 0.1) is 35.5 Å². The average molecular weight is 389 g/mol. The zero-order chi connectivity index (χ0) is 19.6. The second kappa shape index (κ2) is 12.6. The third-order valence-corrected chi connectivity index (χ3v) is 9.19. The van der Waals surface area contributed by atoms with E-state index in [1.54, 1.807) is 64.2 Å². The van der Waals surface area contributed by atoms with Crippen LogP contribution >= 0.6 is 0 Å². The molecule has 0 N–H and O–H groups in total. The largest absolute Gasteiger partial charge is 0.0654 e. The van der Waals surface area contributed by atoms with Gasteiger partial charge in [-0.05, 0) is 74.0 Å². The van der Waals surface area contributed by atoms with Crippen molar-refractivity contribution in [2.75, 3.05) is 0 Å². The van der Waals surface area contributed by atoms with Crippen molar-refractivity contribution in [2.24, 2.45) is 35.5 Å². The molecule has 3 saturated carbocycles. The second-order valence-corrected chi connectivity index (χ2v) is 11.2. The van der Waals surface area contributed by atoms with Gasteiger partial charge in [0.15, 0.2) is 0 Å². The highest BCUT2D eigenvalue weighted by molar-refractivity contribution is 4.94. The molecule has 0 radical (unpaired) electrons. The van der Waals surface area contributed by atoms with E-state index in [2.05, 4.69) is 13.8 Å². The van der Waals surface area contributed by atoms with Crippen LogP contribution in [0.25, 0.3) is 0 Å². The Morgan fingerprint density at radius 2 is 0.893 bits per heavy atom. The highest BCUT2D eigenvalue weighted by atomic mass is 14.5. The molecule has 0 aromatic rings. The predicted octanol–water partition coefficient (Wildman–Crippen LogP) is 9.57. The van der Waals surface area contributed by atoms with Crippen LogP contribution in [0.15, 0.2) is 0 Å². The molecule has 3 rings (SSSR count). The van der Waals surface area contributed by atoms with Crippen LogP contribution in [-0.2, 0) is 0 Å². The molecule has 6 atom stereocenters. The Bertz CT molecular complexity index is 361. The Morgan fingerprint density at radius 1 is 0.464 bits per heavy atom. The van der Waals surface area contributed by atoms with Crippen LogP contribution in [-0.4, -0.2) is 0 Å². The van der Waals surface area contributed by atoms with Crippen molar-refractivity contribution in [2.45, 2.75) is 142 Å². The number of unbranched alkanes of at least 4 members (excludes halogenated alkanes) is 8. The highest BCUT2D eigenvalue weighted by Gasteiger charge is 2.44. The summed E-state index contributed by atoms with van der Waals surface area (Å²) in [6.07, 6.45) is 30.6. The number of hydrogen-bond acceptors (Lipinski definition) is 0. The lowest BCUT2D eigenvalue weighted by atomic mass is 9.55. The molecular weight excluding hydrogens is 336 g/mol. The van der Waals surface area contributed by atoms with Gasteiger partial charge >= 0.3 is 0 Å². The SMILES string of the molecule is CCCCCCC[C@@H]1CCC2C(CCC3C[C@H](CCCCCCC)CCC32)C1. The van der Waals surface area contributed by atoms with Gasteiger partial charge in [-0.1, -0.05) is 104 Å². The van der Waals surface area contributed by atoms with Crippen LogP contribution in [0.5, 0.6) is 0 Å². The first-order valence-corrected chi connectivity index (χ1v) is 13.8. The summed E-state index contributed by atoms with van der Waals surface area (Å²) in [7, 11) is 0. The van der Waals surface area contributed by atoms with Crippen LogP contribution < -0.4 is 0 Å². The van der Waals surface area contributed by atoms with Crippen LogP contribution in [0.1, 0.15) is 142 Å². The van der Waals surface area contributed by atoms with Gasteiger partial charge < -0.3 is 0 Å². The summed E-state index contributed by atoms with van der Waals surface area (Å²) < 4.78 is 0. The van der Waals surface area contributed by atoms with E-state index in [9.17, 15) is 0 Å². The van der Waals surface area contributed by atoms with Crippen molar-refractivity contribution in [1.29, 1.82) is 0 Å². The van der Waals surface area contributed by atoms with Gasteiger partial charge in [0.1, 0.15) is 0 Å². The van der Waals surface area contributed by atoms with Crippen molar-refractivity contribution < 1.29 is 0 Å². The van der Waals surface area contributed by atoms with Crippen molar-refractivity contribution in [3.05, 3.63) is 0 Å². The van der Waals surface area contributed by atoms with E-state index in [1.807, 2.05) is 0 Å². The quantitative estimate of drug-likeness (QED) is 0.292. The molecule has 0 saturated heterocycles. The molecule has 0 spiro atoms. The summed E-state index contributed by atoms with van der Waals surface area (Å²) in [6, 6.07) is 0. The van der Waals surface area contributed by atoms with Gasteiger partial charge in [-0.3, -0.25) is 0 Å². The van der Waals surface area contributed by atoms with Crippen molar-refractivity contribution >= 4 is 0 Å². The van der Waals surface area contributed by atoms with Crippen LogP contribution in [0.4, 0.5) is 0 Å². The van der Waals surface area contributed by atoms with Gasteiger partial charge in [-0.15, -0.1) is 0 Å². The van der Waals surface area contributed by atoms with Crippen molar-refractivity contribution in [1.82, 2.24) is 0 Å². The summed E-state index contributed by atoms with van der Waals surface area (Å²) in [5.74, 6) is 6.72. The maximum atomic E-state index is 2.33. The third kappa shape index (κ3) is 6.77. The zero-order valence-electron chi connectivity index (χ0n) is 19.6. The first-order valence-electron chi connectivity index (χ1n) is 13.8. The van der Waals surface area contributed by atoms with Gasteiger partial charge in [0, 0.05) is 0 Å². The zero-order valence-corrected chi connectivity index (χ0v) is 19.6. The summed E-state index contributed by atoms with van der Waals surface area (Å²) in [5.41, 5.74) is 0. The highest BCUT2D eigenvalue weighted by Crippen LogP contribution is 2.54. The van der Waals surface area contributed by atoms with E-state index < -0.39 is 0 Å². The molecule has 0 aromatic carbocycles. The fourth-order valence-corrected chi connectivity index (χ4v) is 7.59. The van der Waals surface area contributed by atoms with Gasteiger partial charge in [-0.2, -0.15) is 0 Å². The van der Waals surface area contributed by atoms with E-state index >= 15 is 0 Å². The summed E-state index contributed by atoms with van der Waals surface area (Å²) in [6.45, 7) is 4.66. The molecule has 3 aliphatic carbocycles. The van der Waals surface area contributed by atoms with E-state index in [-0.39, 0.29) is 0 Å². The first kappa shape index (κ1) is 22.7. The lowest BCUT2D eigenvalue weighted by molar-refractivity contribution is -0.00461. The Labute approximate surface area is 178 Å². The molecule has 0 heterocycles. The Kier molecular flexibility index (Phi) is 10.2. The molecule has 0 nitrogen and oxygen atoms in total. The number of hydrogen-bond donors (Lipinski definition) is 0. The monoisotopic (exact) mass is 388 g/mol. The Hall–Kier alpha value is 0. The molecular formula is C28H52. The molecule has 3 aliphatic rings. The lowest BCUT2D eigenvalue weighted by Gasteiger charge is -2.51. The Balaban J connectivity index is 1.35. The van der Waals surface area contributed by atoms with Crippen molar-refractivity contribution in [3.8, 4) is 0 Å². The number of rotatable bonds is 12. The minimum Gasteiger partial charge on any atom is -0.0654 e. The predicted molar refractivity (Wildman–Crippen MR) is 125 cm³/mol. The topological polar surface area (TPSA) is 0 Å². The minimum atomic E-state index is 1.10. The molecule has 0 aliphatic heterocycles. The first-order chi connectivity index (χ1) is 13.8. The van der Waals surface area contributed by atoms with Gasteiger partial charge in [0.05, 0.1) is 0 Å². The fourth-order valence-electron chi connectivity index (χ4n) is 7.59. The van der Waals surface area contributed by atoms with Gasteiger partial charge in [-0.25, -0.2) is 0 Å². The average Bonchev–Trinajstić information content (AvgIpc) is 2.73. The molecule has 0 amide bonds. The molecule has 0 bridgehead atoms. The molecule has 0 heteroatoms. The molecule has 0 aromatic heterocycles. The van der Waals surface area contributed by atoms with E-state index in [0.717, 1.165) is 35.5 Å². The summed E-state index contributed by atoms with van der Waals surface area (Å²) >= 11 is 0. The summed E-state index contributed by atoms with van der Waals surface area (Å²) in [5, 5.41) is 0. The normalized spacial score (nSPS) is 35.4. The maximum Gasteiger partial charge on any atom is -0.0355 e. The van der Waals surface area contributed by atoms with Gasteiger partial charge in [0.25, 0.3) is 0 Å². The van der Waals surface area contributed by atoms with E-state index in [4.69, 9.17) is 0 Å². The summed E-state index contributed by atoms with van der Waals surface area (Å²) in [4.78, 5) is 0. The van der Waals surface area contributed by atoms with Crippen LogP contribution in [0.3, 0.4) is 0 Å². The molecule has 3 fully saturated rings. The maximum absolute atomic E-state index is 2.33. The van der Waals surface area contributed by atoms with Crippen molar-refractivity contribution in [3.63, 3.8) is 0 Å². The molecule has 4 unspecified atom stereocenters. The molecule has 164 valence electrons. The smallest absolute Gasteiger partial charge is 0.0355 e. The molecule has 28 heavy (non-hydrogen) atoms.